The van der Waals surface area contributed by atoms with E-state index in [9.17, 15) is 0 Å². The number of hydrogen-bond donors (Lipinski definition) is 1. The number of aromatic nitrogens is 1. The number of rotatable bonds is 3. The third kappa shape index (κ3) is 4.13. The summed E-state index contributed by atoms with van der Waals surface area (Å²) in [5, 5.41) is 0. The number of pyridine rings is 1. The lowest BCUT2D eigenvalue weighted by Crippen LogP contribution is -1.96. The van der Waals surface area contributed by atoms with Gasteiger partial charge in [0.15, 0.2) is 0 Å². The average molecular weight is 252 g/mol. The van der Waals surface area contributed by atoms with Crippen molar-refractivity contribution in [3.8, 4) is 17.6 Å². The molecule has 3 nitrogen and oxygen atoms in total. The van der Waals surface area contributed by atoms with Crippen LogP contribution in [0.1, 0.15) is 16.7 Å². The minimum atomic E-state index is 0.374. The van der Waals surface area contributed by atoms with Gasteiger partial charge in [-0.3, -0.25) is 4.98 Å². The van der Waals surface area contributed by atoms with Gasteiger partial charge in [-0.15, -0.1) is 0 Å². The van der Waals surface area contributed by atoms with Gasteiger partial charge >= 0.3 is 0 Å². The van der Waals surface area contributed by atoms with Gasteiger partial charge in [0.2, 0.25) is 0 Å². The standard InChI is InChI=1S/C16H16N2O/c1-13-9-15(11-18-10-13)12-19-16-6-4-14(5-7-16)3-2-8-17/h4-7,9-11H,8,12,17H2,1H3. The molecular weight excluding hydrogens is 236 g/mol. The molecule has 0 aliphatic rings. The van der Waals surface area contributed by atoms with E-state index >= 15 is 0 Å². The summed E-state index contributed by atoms with van der Waals surface area (Å²) in [6.45, 7) is 2.91. The van der Waals surface area contributed by atoms with Crippen LogP contribution in [-0.4, -0.2) is 11.5 Å². The van der Waals surface area contributed by atoms with E-state index in [2.05, 4.69) is 22.9 Å². The third-order valence-corrected chi connectivity index (χ3v) is 2.53. The third-order valence-electron chi connectivity index (χ3n) is 2.53. The molecule has 2 rings (SSSR count). The Labute approximate surface area is 113 Å². The first-order chi connectivity index (χ1) is 9.28. The molecule has 0 bridgehead atoms. The van der Waals surface area contributed by atoms with Crippen molar-refractivity contribution >= 4 is 0 Å². The maximum atomic E-state index is 5.69. The van der Waals surface area contributed by atoms with E-state index in [0.29, 0.717) is 13.2 Å². The Morgan fingerprint density at radius 2 is 2.00 bits per heavy atom. The molecule has 0 unspecified atom stereocenters. The van der Waals surface area contributed by atoms with Gasteiger partial charge in [0, 0.05) is 23.5 Å². The summed E-state index contributed by atoms with van der Waals surface area (Å²) in [6, 6.07) is 9.72. The molecule has 0 saturated heterocycles. The molecule has 0 aliphatic heterocycles. The van der Waals surface area contributed by atoms with Crippen LogP contribution in [-0.2, 0) is 6.61 Å². The van der Waals surface area contributed by atoms with Crippen LogP contribution in [0.25, 0.3) is 0 Å². The van der Waals surface area contributed by atoms with Gasteiger partial charge < -0.3 is 10.5 Å². The van der Waals surface area contributed by atoms with Crippen LogP contribution >= 0.6 is 0 Å². The summed E-state index contributed by atoms with van der Waals surface area (Å²) in [7, 11) is 0. The molecule has 0 saturated carbocycles. The van der Waals surface area contributed by atoms with Gasteiger partial charge in [-0.25, -0.2) is 0 Å². The lowest BCUT2D eigenvalue weighted by Gasteiger charge is -2.06. The van der Waals surface area contributed by atoms with E-state index in [1.165, 1.54) is 0 Å². The molecular formula is C16H16N2O. The molecule has 0 spiro atoms. The van der Waals surface area contributed by atoms with Gasteiger partial charge in [-0.1, -0.05) is 11.8 Å². The zero-order valence-corrected chi connectivity index (χ0v) is 10.9. The Balaban J connectivity index is 1.96. The van der Waals surface area contributed by atoms with Crippen LogP contribution in [0.2, 0.25) is 0 Å². The van der Waals surface area contributed by atoms with Crippen molar-refractivity contribution in [1.29, 1.82) is 0 Å². The molecule has 2 N–H and O–H groups in total. The molecule has 1 heterocycles. The van der Waals surface area contributed by atoms with Gasteiger partial charge in [-0.05, 0) is 42.8 Å². The molecule has 0 amide bonds. The Morgan fingerprint density at radius 3 is 2.68 bits per heavy atom. The predicted octanol–water partition coefficient (Wildman–Crippen LogP) is 2.28. The normalized spacial score (nSPS) is 9.58. The fraction of sp³-hybridized carbons (Fsp3) is 0.188. The van der Waals surface area contributed by atoms with Crippen molar-refractivity contribution in [3.05, 3.63) is 59.4 Å². The summed E-state index contributed by atoms with van der Waals surface area (Å²) in [6.07, 6.45) is 3.64. The number of aryl methyl sites for hydroxylation is 1. The Hall–Kier alpha value is -2.31. The highest BCUT2D eigenvalue weighted by Crippen LogP contribution is 2.13. The number of ether oxygens (including phenoxy) is 1. The first-order valence-electron chi connectivity index (χ1n) is 6.10. The van der Waals surface area contributed by atoms with Crippen LogP contribution in [0.5, 0.6) is 5.75 Å². The maximum absolute atomic E-state index is 5.69. The zero-order chi connectivity index (χ0) is 13.5. The van der Waals surface area contributed by atoms with Gasteiger partial charge in [-0.2, -0.15) is 0 Å². The molecule has 0 fully saturated rings. The van der Waals surface area contributed by atoms with E-state index in [1.807, 2.05) is 43.6 Å². The van der Waals surface area contributed by atoms with E-state index in [4.69, 9.17) is 10.5 Å². The summed E-state index contributed by atoms with van der Waals surface area (Å²) in [4.78, 5) is 4.13. The predicted molar refractivity (Wildman–Crippen MR) is 75.7 cm³/mol. The second kappa shape index (κ2) is 6.58. The summed E-state index contributed by atoms with van der Waals surface area (Å²) in [5.41, 5.74) is 8.46. The molecule has 0 aliphatic carbocycles. The fourth-order valence-electron chi connectivity index (χ4n) is 1.65. The summed E-state index contributed by atoms with van der Waals surface area (Å²) >= 11 is 0. The van der Waals surface area contributed by atoms with Crippen LogP contribution in [0, 0.1) is 18.8 Å². The second-order valence-electron chi connectivity index (χ2n) is 4.19. The van der Waals surface area contributed by atoms with Crippen LogP contribution < -0.4 is 10.5 Å². The summed E-state index contributed by atoms with van der Waals surface area (Å²) < 4.78 is 5.69. The minimum absolute atomic E-state index is 0.374. The van der Waals surface area contributed by atoms with Crippen molar-refractivity contribution < 1.29 is 4.74 Å². The molecule has 3 heteroatoms. The van der Waals surface area contributed by atoms with Crippen molar-refractivity contribution in [3.63, 3.8) is 0 Å². The lowest BCUT2D eigenvalue weighted by molar-refractivity contribution is 0.305. The van der Waals surface area contributed by atoms with E-state index in [1.54, 1.807) is 0 Å². The molecule has 96 valence electrons. The quantitative estimate of drug-likeness (QED) is 0.852. The number of benzene rings is 1. The zero-order valence-electron chi connectivity index (χ0n) is 10.9. The lowest BCUT2D eigenvalue weighted by atomic mass is 10.2. The Bertz CT molecular complexity index is 594. The molecule has 1 aromatic heterocycles. The van der Waals surface area contributed by atoms with Crippen molar-refractivity contribution in [2.75, 3.05) is 6.54 Å². The number of nitrogens with zero attached hydrogens (tertiary/aromatic N) is 1. The molecule has 0 atom stereocenters. The second-order valence-corrected chi connectivity index (χ2v) is 4.19. The molecule has 1 aromatic carbocycles. The highest BCUT2D eigenvalue weighted by Gasteiger charge is 1.97. The molecule has 19 heavy (non-hydrogen) atoms. The SMILES string of the molecule is Cc1cncc(COc2ccc(C#CCN)cc2)c1. The van der Waals surface area contributed by atoms with E-state index in [-0.39, 0.29) is 0 Å². The number of hydrogen-bond acceptors (Lipinski definition) is 3. The number of nitrogens with two attached hydrogens (primary N) is 1. The largest absolute Gasteiger partial charge is 0.489 e. The minimum Gasteiger partial charge on any atom is -0.489 e. The van der Waals surface area contributed by atoms with Crippen molar-refractivity contribution in [2.45, 2.75) is 13.5 Å². The fourth-order valence-corrected chi connectivity index (χ4v) is 1.65. The van der Waals surface area contributed by atoms with Crippen LogP contribution in [0.3, 0.4) is 0 Å². The van der Waals surface area contributed by atoms with Crippen LogP contribution in [0.15, 0.2) is 42.7 Å². The van der Waals surface area contributed by atoms with E-state index in [0.717, 1.165) is 22.4 Å². The maximum Gasteiger partial charge on any atom is 0.119 e. The van der Waals surface area contributed by atoms with Gasteiger partial charge in [0.1, 0.15) is 12.4 Å². The van der Waals surface area contributed by atoms with Gasteiger partial charge in [0.05, 0.1) is 6.54 Å². The van der Waals surface area contributed by atoms with Crippen molar-refractivity contribution in [1.82, 2.24) is 4.98 Å². The highest BCUT2D eigenvalue weighted by molar-refractivity contribution is 5.38. The van der Waals surface area contributed by atoms with Crippen LogP contribution in [0.4, 0.5) is 0 Å². The monoisotopic (exact) mass is 252 g/mol. The Morgan fingerprint density at radius 1 is 1.21 bits per heavy atom. The summed E-state index contributed by atoms with van der Waals surface area (Å²) in [5.74, 6) is 6.61. The highest BCUT2D eigenvalue weighted by atomic mass is 16.5. The topological polar surface area (TPSA) is 48.1 Å². The molecule has 2 aromatic rings. The van der Waals surface area contributed by atoms with Crippen molar-refractivity contribution in [2.24, 2.45) is 5.73 Å². The Kier molecular flexibility index (Phi) is 4.54. The average Bonchev–Trinajstić information content (AvgIpc) is 2.44. The van der Waals surface area contributed by atoms with E-state index < -0.39 is 0 Å². The molecule has 0 radical (unpaired) electrons. The first kappa shape index (κ1) is 13.1. The first-order valence-corrected chi connectivity index (χ1v) is 6.10. The smallest absolute Gasteiger partial charge is 0.119 e. The van der Waals surface area contributed by atoms with Gasteiger partial charge in [0.25, 0.3) is 0 Å².